The van der Waals surface area contributed by atoms with E-state index in [0.717, 1.165) is 16.5 Å². The average Bonchev–Trinajstić information content (AvgIpc) is 2.97. The number of methoxy groups -OCH3 is 3. The summed E-state index contributed by atoms with van der Waals surface area (Å²) >= 11 is 0. The minimum absolute atomic E-state index is 0.292. The van der Waals surface area contributed by atoms with Gasteiger partial charge in [0.2, 0.25) is 17.8 Å². The quantitative estimate of drug-likeness (QED) is 0.250. The molecule has 1 aliphatic rings. The maximum absolute atomic E-state index is 5.50. The van der Waals surface area contributed by atoms with Crippen molar-refractivity contribution in [3.05, 3.63) is 60.2 Å². The normalized spacial score (nSPS) is 13.5. The molecule has 1 saturated heterocycles. The van der Waals surface area contributed by atoms with Gasteiger partial charge in [-0.15, -0.1) is 0 Å². The first-order chi connectivity index (χ1) is 18.7. The van der Waals surface area contributed by atoms with Gasteiger partial charge in [0.1, 0.15) is 5.75 Å². The van der Waals surface area contributed by atoms with Gasteiger partial charge in [-0.2, -0.15) is 20.1 Å². The molecule has 2 N–H and O–H groups in total. The number of aromatic nitrogens is 3. The zero-order chi connectivity index (χ0) is 26.3. The van der Waals surface area contributed by atoms with E-state index in [0.29, 0.717) is 67.0 Å². The lowest BCUT2D eigenvalue weighted by atomic mass is 10.1. The molecular formula is C27H29N7O4. The Hall–Kier alpha value is -4.64. The Labute approximate surface area is 220 Å². The molecule has 3 aromatic carbocycles. The van der Waals surface area contributed by atoms with E-state index in [4.69, 9.17) is 18.9 Å². The van der Waals surface area contributed by atoms with Crippen LogP contribution >= 0.6 is 0 Å². The molecule has 38 heavy (non-hydrogen) atoms. The van der Waals surface area contributed by atoms with E-state index < -0.39 is 0 Å². The van der Waals surface area contributed by atoms with Crippen LogP contribution in [0.2, 0.25) is 0 Å². The van der Waals surface area contributed by atoms with Crippen LogP contribution in [0.3, 0.4) is 0 Å². The predicted octanol–water partition coefficient (Wildman–Crippen LogP) is 4.08. The van der Waals surface area contributed by atoms with Crippen molar-refractivity contribution in [2.45, 2.75) is 0 Å². The lowest BCUT2D eigenvalue weighted by Crippen LogP contribution is -2.37. The third kappa shape index (κ3) is 5.52. The fourth-order valence-electron chi connectivity index (χ4n) is 4.14. The maximum atomic E-state index is 5.50. The first-order valence-corrected chi connectivity index (χ1v) is 12.1. The van der Waals surface area contributed by atoms with Gasteiger partial charge in [0.15, 0.2) is 11.5 Å². The molecule has 11 heteroatoms. The van der Waals surface area contributed by atoms with E-state index >= 15 is 0 Å². The minimum Gasteiger partial charge on any atom is -0.496 e. The Morgan fingerprint density at radius 3 is 2.34 bits per heavy atom. The Morgan fingerprint density at radius 2 is 1.55 bits per heavy atom. The first-order valence-electron chi connectivity index (χ1n) is 12.1. The van der Waals surface area contributed by atoms with Gasteiger partial charge < -0.3 is 29.2 Å². The second kappa shape index (κ2) is 11.6. The zero-order valence-corrected chi connectivity index (χ0v) is 21.5. The lowest BCUT2D eigenvalue weighted by Gasteiger charge is -2.27. The molecule has 5 rings (SSSR count). The monoisotopic (exact) mass is 515 g/mol. The molecule has 1 aliphatic heterocycles. The van der Waals surface area contributed by atoms with Crippen LogP contribution in [0.25, 0.3) is 10.8 Å². The zero-order valence-electron chi connectivity index (χ0n) is 21.5. The van der Waals surface area contributed by atoms with Crippen molar-refractivity contribution in [1.82, 2.24) is 15.0 Å². The molecule has 1 aromatic heterocycles. The third-order valence-electron chi connectivity index (χ3n) is 6.06. The highest BCUT2D eigenvalue weighted by Crippen LogP contribution is 2.34. The topological polar surface area (TPSA) is 115 Å². The number of anilines is 4. The molecule has 0 spiro atoms. The second-order valence-electron chi connectivity index (χ2n) is 8.35. The number of rotatable bonds is 9. The van der Waals surface area contributed by atoms with Crippen molar-refractivity contribution >= 4 is 40.5 Å². The van der Waals surface area contributed by atoms with Gasteiger partial charge in [0, 0.05) is 35.8 Å². The van der Waals surface area contributed by atoms with Crippen molar-refractivity contribution in [2.75, 3.05) is 63.3 Å². The van der Waals surface area contributed by atoms with E-state index in [1.807, 2.05) is 24.3 Å². The number of nitrogens with one attached hydrogen (secondary N) is 2. The van der Waals surface area contributed by atoms with Crippen molar-refractivity contribution in [3.63, 3.8) is 0 Å². The van der Waals surface area contributed by atoms with Crippen LogP contribution < -0.4 is 29.9 Å². The summed E-state index contributed by atoms with van der Waals surface area (Å²) in [6.45, 7) is 2.59. The summed E-state index contributed by atoms with van der Waals surface area (Å²) in [6.07, 6.45) is 1.61. The van der Waals surface area contributed by atoms with E-state index in [1.54, 1.807) is 39.7 Å². The largest absolute Gasteiger partial charge is 0.496 e. The summed E-state index contributed by atoms with van der Waals surface area (Å²) in [6, 6.07) is 17.7. The van der Waals surface area contributed by atoms with E-state index in [1.165, 1.54) is 0 Å². The van der Waals surface area contributed by atoms with Gasteiger partial charge >= 0.3 is 0 Å². The number of ether oxygens (including phenoxy) is 4. The summed E-state index contributed by atoms with van der Waals surface area (Å²) in [4.78, 5) is 15.9. The number of hydrogen-bond donors (Lipinski definition) is 2. The Bertz CT molecular complexity index is 1440. The molecule has 0 unspecified atom stereocenters. The molecule has 4 aromatic rings. The van der Waals surface area contributed by atoms with E-state index in [-0.39, 0.29) is 0 Å². The molecule has 2 heterocycles. The summed E-state index contributed by atoms with van der Waals surface area (Å²) in [5, 5.41) is 9.90. The highest BCUT2D eigenvalue weighted by atomic mass is 16.5. The van der Waals surface area contributed by atoms with Gasteiger partial charge in [0.05, 0.1) is 40.8 Å². The molecule has 0 radical (unpaired) electrons. The highest BCUT2D eigenvalue weighted by molar-refractivity contribution is 5.95. The van der Waals surface area contributed by atoms with E-state index in [2.05, 4.69) is 53.9 Å². The number of hydrogen-bond acceptors (Lipinski definition) is 11. The molecule has 0 saturated carbocycles. The van der Waals surface area contributed by atoms with Crippen LogP contribution in [0.4, 0.5) is 23.5 Å². The van der Waals surface area contributed by atoms with Crippen LogP contribution in [0.5, 0.6) is 17.2 Å². The molecule has 11 nitrogen and oxygen atoms in total. The summed E-state index contributed by atoms with van der Waals surface area (Å²) in [5.41, 5.74) is 4.52. The Morgan fingerprint density at radius 1 is 0.842 bits per heavy atom. The molecule has 196 valence electrons. The van der Waals surface area contributed by atoms with Crippen molar-refractivity contribution in [1.29, 1.82) is 0 Å². The molecule has 0 atom stereocenters. The minimum atomic E-state index is 0.292. The first kappa shape index (κ1) is 25.0. The SMILES string of the molecule is COc1cc(OC)c(OC)cc1C=NNc1nc(Nc2cccc3ccccc23)nc(N2CCOCC2)n1. The van der Waals surface area contributed by atoms with Gasteiger partial charge in [-0.05, 0) is 17.5 Å². The third-order valence-corrected chi connectivity index (χ3v) is 6.06. The highest BCUT2D eigenvalue weighted by Gasteiger charge is 2.17. The number of benzene rings is 3. The Balaban J connectivity index is 1.45. The van der Waals surface area contributed by atoms with E-state index in [9.17, 15) is 0 Å². The van der Waals surface area contributed by atoms with Crippen LogP contribution in [0.15, 0.2) is 59.7 Å². The molecule has 0 amide bonds. The fraction of sp³-hybridized carbons (Fsp3) is 0.259. The number of hydrazone groups is 1. The van der Waals surface area contributed by atoms with Gasteiger partial charge in [-0.1, -0.05) is 36.4 Å². The second-order valence-corrected chi connectivity index (χ2v) is 8.35. The van der Waals surface area contributed by atoms with Gasteiger partial charge in [0.25, 0.3) is 0 Å². The van der Waals surface area contributed by atoms with Crippen LogP contribution in [0, 0.1) is 0 Å². The van der Waals surface area contributed by atoms with Crippen molar-refractivity contribution in [3.8, 4) is 17.2 Å². The predicted molar refractivity (Wildman–Crippen MR) is 147 cm³/mol. The smallest absolute Gasteiger partial charge is 0.250 e. The standard InChI is InChI=1S/C27H29N7O4/c1-35-22-16-24(37-3)23(36-2)15-19(22)17-28-33-26-30-25(31-27(32-26)34-11-13-38-14-12-34)29-21-10-6-8-18-7-4-5-9-20(18)21/h4-10,15-17H,11-14H2,1-3H3,(H2,29,30,31,32,33). The van der Waals surface area contributed by atoms with Crippen molar-refractivity contribution < 1.29 is 18.9 Å². The summed E-state index contributed by atoms with van der Waals surface area (Å²) < 4.78 is 21.7. The molecule has 0 aliphatic carbocycles. The van der Waals surface area contributed by atoms with Gasteiger partial charge in [-0.3, -0.25) is 0 Å². The lowest BCUT2D eigenvalue weighted by molar-refractivity contribution is 0.122. The molecule has 1 fully saturated rings. The van der Waals surface area contributed by atoms with Gasteiger partial charge in [-0.25, -0.2) is 5.43 Å². The van der Waals surface area contributed by atoms with Crippen molar-refractivity contribution in [2.24, 2.45) is 5.10 Å². The fourth-order valence-corrected chi connectivity index (χ4v) is 4.14. The number of morpholine rings is 1. The summed E-state index contributed by atoms with van der Waals surface area (Å²) in [7, 11) is 4.73. The van der Waals surface area contributed by atoms with Crippen LogP contribution in [-0.4, -0.2) is 68.8 Å². The average molecular weight is 516 g/mol. The number of nitrogens with zero attached hydrogens (tertiary/aromatic N) is 5. The van der Waals surface area contributed by atoms with Crippen LogP contribution in [0.1, 0.15) is 5.56 Å². The summed E-state index contributed by atoms with van der Waals surface area (Å²) in [5.74, 6) is 2.93. The maximum Gasteiger partial charge on any atom is 0.250 e. The number of fused-ring (bicyclic) bond motifs is 1. The molecular weight excluding hydrogens is 486 g/mol. The van der Waals surface area contributed by atoms with Crippen LogP contribution in [-0.2, 0) is 4.74 Å². The Kier molecular flexibility index (Phi) is 7.65. The molecule has 0 bridgehead atoms.